The zero-order chi connectivity index (χ0) is 18.1. The van der Waals surface area contributed by atoms with Gasteiger partial charge in [-0.25, -0.2) is 4.98 Å². The number of carbonyl (C=O) groups excluding carboxylic acids is 1. The predicted octanol–water partition coefficient (Wildman–Crippen LogP) is 3.28. The van der Waals surface area contributed by atoms with Gasteiger partial charge in [0.1, 0.15) is 10.5 Å². The maximum atomic E-state index is 12.8. The Morgan fingerprint density at radius 3 is 2.77 bits per heavy atom. The number of aromatic nitrogens is 2. The smallest absolute Gasteiger partial charge is 0.221 e. The van der Waals surface area contributed by atoms with Gasteiger partial charge in [0.05, 0.1) is 18.1 Å². The highest BCUT2D eigenvalue weighted by Gasteiger charge is 2.18. The number of ketones is 1. The molecule has 26 heavy (non-hydrogen) atoms. The molecule has 0 atom stereocenters. The summed E-state index contributed by atoms with van der Waals surface area (Å²) in [7, 11) is 0. The second kappa shape index (κ2) is 7.31. The van der Waals surface area contributed by atoms with Crippen LogP contribution in [0, 0.1) is 13.8 Å². The summed E-state index contributed by atoms with van der Waals surface area (Å²) in [6.45, 7) is 9.62. The number of hydrogen-bond donors (Lipinski definition) is 0. The highest BCUT2D eigenvalue weighted by atomic mass is 32.1. The van der Waals surface area contributed by atoms with E-state index in [0.29, 0.717) is 5.69 Å². The maximum Gasteiger partial charge on any atom is 0.221 e. The van der Waals surface area contributed by atoms with E-state index in [1.165, 1.54) is 10.5 Å². The van der Waals surface area contributed by atoms with Gasteiger partial charge in [0.25, 0.3) is 0 Å². The van der Waals surface area contributed by atoms with Gasteiger partial charge in [-0.1, -0.05) is 6.07 Å². The molecule has 4 heterocycles. The number of rotatable bonds is 5. The molecule has 0 aliphatic carbocycles. The van der Waals surface area contributed by atoms with Crippen LogP contribution in [0.5, 0.6) is 0 Å². The van der Waals surface area contributed by atoms with E-state index in [9.17, 15) is 4.79 Å². The minimum atomic E-state index is 0.00674. The molecule has 0 aromatic carbocycles. The van der Waals surface area contributed by atoms with Crippen LogP contribution in [0.15, 0.2) is 30.3 Å². The fraction of sp³-hybridized carbons (Fsp3) is 0.400. The van der Waals surface area contributed by atoms with Crippen molar-refractivity contribution < 1.29 is 9.53 Å². The third-order valence-corrected chi connectivity index (χ3v) is 6.04. The molecule has 4 rings (SSSR count). The SMILES string of the molecule is Cc1cccc(C(=O)c2cc3cc(C)n(CCN4CCOCC4)c3s2)n1. The summed E-state index contributed by atoms with van der Waals surface area (Å²) in [6.07, 6.45) is 0. The van der Waals surface area contributed by atoms with E-state index < -0.39 is 0 Å². The number of aryl methyl sites for hydroxylation is 2. The first-order valence-electron chi connectivity index (χ1n) is 9.00. The lowest BCUT2D eigenvalue weighted by Gasteiger charge is -2.26. The van der Waals surface area contributed by atoms with E-state index in [2.05, 4.69) is 27.4 Å². The Bertz CT molecular complexity index is 938. The van der Waals surface area contributed by atoms with Gasteiger partial charge < -0.3 is 9.30 Å². The van der Waals surface area contributed by atoms with Crippen LogP contribution in [0.2, 0.25) is 0 Å². The van der Waals surface area contributed by atoms with Crippen molar-refractivity contribution in [2.24, 2.45) is 0 Å². The van der Waals surface area contributed by atoms with E-state index >= 15 is 0 Å². The van der Waals surface area contributed by atoms with Crippen molar-refractivity contribution >= 4 is 27.3 Å². The van der Waals surface area contributed by atoms with Crippen LogP contribution < -0.4 is 0 Å². The van der Waals surface area contributed by atoms with Gasteiger partial charge in [-0.2, -0.15) is 0 Å². The number of pyridine rings is 1. The van der Waals surface area contributed by atoms with Crippen LogP contribution >= 0.6 is 11.3 Å². The first kappa shape index (κ1) is 17.4. The van der Waals surface area contributed by atoms with Crippen molar-refractivity contribution in [1.29, 1.82) is 0 Å². The normalized spacial score (nSPS) is 15.6. The number of fused-ring (bicyclic) bond motifs is 1. The van der Waals surface area contributed by atoms with Crippen molar-refractivity contribution in [2.45, 2.75) is 20.4 Å². The first-order valence-corrected chi connectivity index (χ1v) is 9.81. The number of morpholine rings is 1. The number of thiophene rings is 1. The van der Waals surface area contributed by atoms with Crippen LogP contribution in [0.4, 0.5) is 0 Å². The summed E-state index contributed by atoms with van der Waals surface area (Å²) in [5, 5.41) is 1.14. The highest BCUT2D eigenvalue weighted by molar-refractivity contribution is 7.20. The topological polar surface area (TPSA) is 47.4 Å². The van der Waals surface area contributed by atoms with Gasteiger partial charge in [0.15, 0.2) is 0 Å². The molecule has 1 fully saturated rings. The molecule has 0 unspecified atom stereocenters. The lowest BCUT2D eigenvalue weighted by molar-refractivity contribution is 0.0365. The molecule has 0 amide bonds. The van der Waals surface area contributed by atoms with E-state index in [4.69, 9.17) is 4.74 Å². The molecule has 0 radical (unpaired) electrons. The molecule has 0 bridgehead atoms. The summed E-state index contributed by atoms with van der Waals surface area (Å²) >= 11 is 1.57. The van der Waals surface area contributed by atoms with Crippen LogP contribution in [-0.2, 0) is 11.3 Å². The Labute approximate surface area is 157 Å². The zero-order valence-electron chi connectivity index (χ0n) is 15.2. The first-order chi connectivity index (χ1) is 12.6. The molecule has 136 valence electrons. The second-order valence-electron chi connectivity index (χ2n) is 6.76. The summed E-state index contributed by atoms with van der Waals surface area (Å²) in [4.78, 5) is 21.5. The Kier molecular flexibility index (Phi) is 4.89. The van der Waals surface area contributed by atoms with Crippen molar-refractivity contribution in [2.75, 3.05) is 32.8 Å². The van der Waals surface area contributed by atoms with Crippen LogP contribution in [0.3, 0.4) is 0 Å². The van der Waals surface area contributed by atoms with Crippen molar-refractivity contribution in [1.82, 2.24) is 14.5 Å². The molecule has 0 spiro atoms. The van der Waals surface area contributed by atoms with E-state index in [1.807, 2.05) is 25.1 Å². The number of hydrogen-bond acceptors (Lipinski definition) is 5. The molecule has 0 N–H and O–H groups in total. The van der Waals surface area contributed by atoms with Gasteiger partial charge in [-0.05, 0) is 38.1 Å². The van der Waals surface area contributed by atoms with Gasteiger partial charge in [0.2, 0.25) is 5.78 Å². The molecule has 1 saturated heterocycles. The molecule has 5 nitrogen and oxygen atoms in total. The van der Waals surface area contributed by atoms with Crippen molar-refractivity contribution in [3.05, 3.63) is 52.3 Å². The van der Waals surface area contributed by atoms with Gasteiger partial charge in [-0.15, -0.1) is 11.3 Å². The Hall–Kier alpha value is -2.02. The summed E-state index contributed by atoms with van der Waals surface area (Å²) in [5.74, 6) is 0.00674. The monoisotopic (exact) mass is 369 g/mol. The van der Waals surface area contributed by atoms with E-state index in [0.717, 1.165) is 55.4 Å². The summed E-state index contributed by atoms with van der Waals surface area (Å²) in [6, 6.07) is 9.76. The minimum absolute atomic E-state index is 0.00674. The quantitative estimate of drug-likeness (QED) is 0.648. The number of carbonyl (C=O) groups is 1. The third-order valence-electron chi connectivity index (χ3n) is 4.86. The van der Waals surface area contributed by atoms with Gasteiger partial charge >= 0.3 is 0 Å². The standard InChI is InChI=1S/C20H23N3O2S/c1-14-4-3-5-17(21-14)19(24)18-13-16-12-15(2)23(20(16)26-18)7-6-22-8-10-25-11-9-22/h3-5,12-13H,6-11H2,1-2H3. The van der Waals surface area contributed by atoms with Crippen molar-refractivity contribution in [3.8, 4) is 0 Å². The van der Waals surface area contributed by atoms with E-state index in [-0.39, 0.29) is 5.78 Å². The average molecular weight is 369 g/mol. The summed E-state index contributed by atoms with van der Waals surface area (Å²) in [5.41, 5.74) is 2.63. The average Bonchev–Trinajstić information content (AvgIpc) is 3.17. The molecular formula is C20H23N3O2S. The lowest BCUT2D eigenvalue weighted by Crippen LogP contribution is -2.38. The Morgan fingerprint density at radius 1 is 1.19 bits per heavy atom. The molecule has 1 aliphatic heterocycles. The molecule has 1 aliphatic rings. The Balaban J connectivity index is 1.57. The predicted molar refractivity (Wildman–Crippen MR) is 104 cm³/mol. The minimum Gasteiger partial charge on any atom is -0.379 e. The van der Waals surface area contributed by atoms with Gasteiger partial charge in [0, 0.05) is 43.0 Å². The number of ether oxygens (including phenoxy) is 1. The van der Waals surface area contributed by atoms with Crippen LogP contribution in [-0.4, -0.2) is 53.1 Å². The Morgan fingerprint density at radius 2 is 2.00 bits per heavy atom. The lowest BCUT2D eigenvalue weighted by atomic mass is 10.2. The fourth-order valence-electron chi connectivity index (χ4n) is 3.42. The third kappa shape index (κ3) is 3.45. The van der Waals surface area contributed by atoms with Crippen molar-refractivity contribution in [3.63, 3.8) is 0 Å². The maximum absolute atomic E-state index is 12.8. The fourth-order valence-corrected chi connectivity index (χ4v) is 4.60. The second-order valence-corrected chi connectivity index (χ2v) is 7.79. The summed E-state index contributed by atoms with van der Waals surface area (Å²) < 4.78 is 7.75. The zero-order valence-corrected chi connectivity index (χ0v) is 16.0. The molecule has 3 aromatic rings. The molecular weight excluding hydrogens is 346 g/mol. The molecule has 3 aromatic heterocycles. The van der Waals surface area contributed by atoms with Crippen LogP contribution in [0.25, 0.3) is 10.2 Å². The van der Waals surface area contributed by atoms with Crippen LogP contribution in [0.1, 0.15) is 26.8 Å². The largest absolute Gasteiger partial charge is 0.379 e. The number of nitrogens with zero attached hydrogens (tertiary/aromatic N) is 3. The van der Waals surface area contributed by atoms with Gasteiger partial charge in [-0.3, -0.25) is 9.69 Å². The van der Waals surface area contributed by atoms with E-state index in [1.54, 1.807) is 17.4 Å². The highest BCUT2D eigenvalue weighted by Crippen LogP contribution is 2.30. The molecule has 0 saturated carbocycles. The molecule has 6 heteroatoms.